The second-order valence-corrected chi connectivity index (χ2v) is 3.33. The van der Waals surface area contributed by atoms with Crippen LogP contribution in [0.3, 0.4) is 0 Å². The van der Waals surface area contributed by atoms with Crippen LogP contribution in [0.2, 0.25) is 0 Å². The van der Waals surface area contributed by atoms with Gasteiger partial charge >= 0.3 is 12.1 Å². The summed E-state index contributed by atoms with van der Waals surface area (Å²) in [4.78, 5) is 17.2. The van der Waals surface area contributed by atoms with Gasteiger partial charge in [0.05, 0.1) is 5.92 Å². The molecule has 0 aliphatic heterocycles. The molecule has 1 rings (SSSR count). The Morgan fingerprint density at radius 1 is 1.47 bits per heavy atom. The molecule has 3 nitrogen and oxygen atoms in total. The number of nitrogens with zero attached hydrogens (tertiary/aromatic N) is 1. The number of alkyl halides is 3. The van der Waals surface area contributed by atoms with Gasteiger partial charge in [0, 0.05) is 10.7 Å². The van der Waals surface area contributed by atoms with Crippen molar-refractivity contribution in [3.8, 4) is 0 Å². The van der Waals surface area contributed by atoms with Gasteiger partial charge in [0.2, 0.25) is 0 Å². The molecule has 0 amide bonds. The summed E-state index contributed by atoms with van der Waals surface area (Å²) in [5.74, 6) is -2.09. The third-order valence-corrected chi connectivity index (χ3v) is 2.25. The molecular formula is C10H9F4NO2. The Morgan fingerprint density at radius 3 is 2.47 bits per heavy atom. The SMILES string of the molecule is CCC(C(=O)OF)c1ccc(C(F)(F)F)nc1. The Kier molecular flexibility index (Phi) is 4.03. The third-order valence-electron chi connectivity index (χ3n) is 2.25. The number of hydrogen-bond donors (Lipinski definition) is 0. The first-order chi connectivity index (χ1) is 7.90. The van der Waals surface area contributed by atoms with Crippen LogP contribution in [0.15, 0.2) is 18.3 Å². The fourth-order valence-electron chi connectivity index (χ4n) is 1.37. The minimum Gasteiger partial charge on any atom is -0.254 e. The first-order valence-corrected chi connectivity index (χ1v) is 4.75. The Bertz CT molecular complexity index is 388. The normalized spacial score (nSPS) is 13.2. The molecule has 0 saturated heterocycles. The van der Waals surface area contributed by atoms with Crippen LogP contribution >= 0.6 is 0 Å². The maximum Gasteiger partial charge on any atom is 0.433 e. The summed E-state index contributed by atoms with van der Waals surface area (Å²) in [5.41, 5.74) is -0.882. The van der Waals surface area contributed by atoms with Gasteiger partial charge in [-0.15, -0.1) is 0 Å². The Balaban J connectivity index is 2.97. The standard InChI is InChI=1S/C10H9F4NO2/c1-2-7(9(16)17-14)6-3-4-8(15-5-6)10(11,12)13/h3-5,7H,2H2,1H3. The van der Waals surface area contributed by atoms with Crippen molar-refractivity contribution < 1.29 is 27.4 Å². The molecule has 1 aromatic rings. The second kappa shape index (κ2) is 5.11. The highest BCUT2D eigenvalue weighted by Gasteiger charge is 2.32. The zero-order chi connectivity index (χ0) is 13.1. The molecule has 0 fully saturated rings. The van der Waals surface area contributed by atoms with Gasteiger partial charge < -0.3 is 0 Å². The van der Waals surface area contributed by atoms with Crippen LogP contribution < -0.4 is 0 Å². The molecule has 0 aliphatic carbocycles. The van der Waals surface area contributed by atoms with E-state index in [2.05, 4.69) is 9.93 Å². The monoisotopic (exact) mass is 251 g/mol. The maximum atomic E-state index is 12.2. The molecule has 94 valence electrons. The van der Waals surface area contributed by atoms with Crippen LogP contribution in [0.4, 0.5) is 17.7 Å². The number of carbonyl (C=O) groups is 1. The zero-order valence-corrected chi connectivity index (χ0v) is 8.79. The molecular weight excluding hydrogens is 242 g/mol. The van der Waals surface area contributed by atoms with E-state index in [0.717, 1.165) is 18.3 Å². The molecule has 0 bridgehead atoms. The highest BCUT2D eigenvalue weighted by Crippen LogP contribution is 2.29. The molecule has 0 spiro atoms. The number of hydrogen-bond acceptors (Lipinski definition) is 3. The molecule has 0 N–H and O–H groups in total. The fourth-order valence-corrected chi connectivity index (χ4v) is 1.37. The lowest BCUT2D eigenvalue weighted by molar-refractivity contribution is -0.185. The summed E-state index contributed by atoms with van der Waals surface area (Å²) in [6.45, 7) is 1.58. The zero-order valence-electron chi connectivity index (χ0n) is 8.79. The lowest BCUT2D eigenvalue weighted by Gasteiger charge is -2.11. The Labute approximate surface area is 94.3 Å². The van der Waals surface area contributed by atoms with Crippen molar-refractivity contribution in [3.63, 3.8) is 0 Å². The minimum absolute atomic E-state index is 0.183. The Morgan fingerprint density at radius 2 is 2.12 bits per heavy atom. The molecule has 0 aliphatic rings. The van der Waals surface area contributed by atoms with E-state index < -0.39 is 23.8 Å². The predicted molar refractivity (Wildman–Crippen MR) is 49.5 cm³/mol. The number of halogens is 4. The lowest BCUT2D eigenvalue weighted by Crippen LogP contribution is -2.14. The quantitative estimate of drug-likeness (QED) is 0.775. The summed E-state index contributed by atoms with van der Waals surface area (Å²) in [6.07, 6.45) is -3.44. The average molecular weight is 251 g/mol. The first kappa shape index (κ1) is 13.4. The highest BCUT2D eigenvalue weighted by atomic mass is 19.4. The molecule has 0 saturated carbocycles. The summed E-state index contributed by atoms with van der Waals surface area (Å²) in [6, 6.07) is 1.82. The molecule has 1 heterocycles. The van der Waals surface area contributed by atoms with Gasteiger partial charge in [0.1, 0.15) is 5.69 Å². The summed E-state index contributed by atoms with van der Waals surface area (Å²) in [7, 11) is 0. The van der Waals surface area contributed by atoms with E-state index in [9.17, 15) is 22.5 Å². The van der Waals surface area contributed by atoms with Gasteiger partial charge in [-0.2, -0.15) is 13.2 Å². The highest BCUT2D eigenvalue weighted by molar-refractivity contribution is 5.77. The van der Waals surface area contributed by atoms with Crippen LogP contribution in [-0.4, -0.2) is 11.0 Å². The van der Waals surface area contributed by atoms with Crippen molar-refractivity contribution in [3.05, 3.63) is 29.6 Å². The van der Waals surface area contributed by atoms with Crippen molar-refractivity contribution in [1.29, 1.82) is 0 Å². The van der Waals surface area contributed by atoms with Crippen molar-refractivity contribution in [2.45, 2.75) is 25.4 Å². The second-order valence-electron chi connectivity index (χ2n) is 3.33. The van der Waals surface area contributed by atoms with Gasteiger partial charge in [0.15, 0.2) is 0 Å². The summed E-state index contributed by atoms with van der Waals surface area (Å²) >= 11 is 0. The number of carbonyl (C=O) groups excluding carboxylic acids is 1. The molecule has 1 unspecified atom stereocenters. The molecule has 7 heteroatoms. The van der Waals surface area contributed by atoms with Gasteiger partial charge in [-0.05, 0) is 18.1 Å². The van der Waals surface area contributed by atoms with E-state index in [1.165, 1.54) is 0 Å². The van der Waals surface area contributed by atoms with E-state index in [4.69, 9.17) is 0 Å². The molecule has 1 atom stereocenters. The molecule has 17 heavy (non-hydrogen) atoms. The van der Waals surface area contributed by atoms with Crippen LogP contribution in [0.25, 0.3) is 0 Å². The summed E-state index contributed by atoms with van der Waals surface area (Å²) < 4.78 is 48.4. The summed E-state index contributed by atoms with van der Waals surface area (Å²) in [5, 5.41) is 0. The number of rotatable bonds is 3. The number of pyridine rings is 1. The van der Waals surface area contributed by atoms with Crippen LogP contribution in [-0.2, 0) is 15.9 Å². The van der Waals surface area contributed by atoms with Crippen molar-refractivity contribution in [2.75, 3.05) is 0 Å². The van der Waals surface area contributed by atoms with E-state index in [1.54, 1.807) is 6.92 Å². The van der Waals surface area contributed by atoms with E-state index in [1.807, 2.05) is 0 Å². The van der Waals surface area contributed by atoms with Gasteiger partial charge in [-0.1, -0.05) is 13.0 Å². The molecule has 0 radical (unpaired) electrons. The van der Waals surface area contributed by atoms with E-state index in [-0.39, 0.29) is 12.0 Å². The van der Waals surface area contributed by atoms with E-state index >= 15 is 0 Å². The lowest BCUT2D eigenvalue weighted by atomic mass is 9.98. The number of aromatic nitrogens is 1. The minimum atomic E-state index is -4.54. The van der Waals surface area contributed by atoms with Crippen LogP contribution in [0.5, 0.6) is 0 Å². The topological polar surface area (TPSA) is 39.2 Å². The van der Waals surface area contributed by atoms with E-state index in [0.29, 0.717) is 0 Å². The Hall–Kier alpha value is -1.66. The smallest absolute Gasteiger partial charge is 0.254 e. The van der Waals surface area contributed by atoms with Gasteiger partial charge in [-0.3, -0.25) is 9.93 Å². The predicted octanol–water partition coefficient (Wildman–Crippen LogP) is 3.02. The fraction of sp³-hybridized carbons (Fsp3) is 0.400. The van der Waals surface area contributed by atoms with Gasteiger partial charge in [0.25, 0.3) is 0 Å². The van der Waals surface area contributed by atoms with Crippen LogP contribution in [0.1, 0.15) is 30.5 Å². The van der Waals surface area contributed by atoms with Crippen molar-refractivity contribution in [2.24, 2.45) is 0 Å². The van der Waals surface area contributed by atoms with Crippen molar-refractivity contribution >= 4 is 5.97 Å². The van der Waals surface area contributed by atoms with Gasteiger partial charge in [-0.25, -0.2) is 4.79 Å². The average Bonchev–Trinajstić information content (AvgIpc) is 2.29. The van der Waals surface area contributed by atoms with Crippen LogP contribution in [0, 0.1) is 0 Å². The van der Waals surface area contributed by atoms with Crippen molar-refractivity contribution in [1.82, 2.24) is 4.98 Å². The largest absolute Gasteiger partial charge is 0.433 e. The first-order valence-electron chi connectivity index (χ1n) is 4.75. The third kappa shape index (κ3) is 3.15. The maximum absolute atomic E-state index is 12.2. The molecule has 0 aromatic carbocycles. The molecule has 1 aromatic heterocycles.